The van der Waals surface area contributed by atoms with E-state index >= 15 is 0 Å². The molecule has 96 valence electrons. The predicted octanol–water partition coefficient (Wildman–Crippen LogP) is 0.898. The van der Waals surface area contributed by atoms with Gasteiger partial charge in [0, 0.05) is 12.6 Å². The zero-order valence-corrected chi connectivity index (χ0v) is 11.1. The first-order chi connectivity index (χ1) is 7.20. The summed E-state index contributed by atoms with van der Waals surface area (Å²) < 4.78 is 0. The number of nitrogens with one attached hydrogen (secondary N) is 2. The highest BCUT2D eigenvalue weighted by Gasteiger charge is 2.16. The summed E-state index contributed by atoms with van der Waals surface area (Å²) in [6, 6.07) is 0.161. The van der Waals surface area contributed by atoms with Gasteiger partial charge in [0.05, 0.1) is 12.6 Å². The minimum Gasteiger partial charge on any atom is -0.392 e. The number of amides is 1. The van der Waals surface area contributed by atoms with Crippen LogP contribution < -0.4 is 10.6 Å². The normalized spacial score (nSPS) is 13.9. The SMILES string of the molecule is CC(C)NC(=O)CNCC(O)CC(C)(C)C. The Morgan fingerprint density at radius 3 is 2.31 bits per heavy atom. The van der Waals surface area contributed by atoms with E-state index in [0.717, 1.165) is 6.42 Å². The van der Waals surface area contributed by atoms with Gasteiger partial charge in [-0.2, -0.15) is 0 Å². The molecule has 0 saturated heterocycles. The van der Waals surface area contributed by atoms with Crippen LogP contribution in [0.4, 0.5) is 0 Å². The van der Waals surface area contributed by atoms with Crippen LogP contribution in [0.5, 0.6) is 0 Å². The average molecular weight is 230 g/mol. The fraction of sp³-hybridized carbons (Fsp3) is 0.917. The molecule has 0 aliphatic carbocycles. The summed E-state index contributed by atoms with van der Waals surface area (Å²) in [5.41, 5.74) is 0.112. The fourth-order valence-electron chi connectivity index (χ4n) is 1.50. The van der Waals surface area contributed by atoms with Crippen LogP contribution in [0.1, 0.15) is 41.0 Å². The molecule has 0 heterocycles. The molecule has 0 aromatic heterocycles. The topological polar surface area (TPSA) is 61.4 Å². The number of hydrogen-bond acceptors (Lipinski definition) is 3. The van der Waals surface area contributed by atoms with Crippen molar-refractivity contribution in [3.05, 3.63) is 0 Å². The molecule has 0 aromatic carbocycles. The Hall–Kier alpha value is -0.610. The second-order valence-corrected chi connectivity index (χ2v) is 5.77. The number of rotatable bonds is 6. The zero-order chi connectivity index (χ0) is 12.8. The molecular weight excluding hydrogens is 204 g/mol. The summed E-state index contributed by atoms with van der Waals surface area (Å²) in [6.45, 7) is 10.8. The van der Waals surface area contributed by atoms with E-state index in [1.54, 1.807) is 0 Å². The van der Waals surface area contributed by atoms with Gasteiger partial charge in [0.1, 0.15) is 0 Å². The van der Waals surface area contributed by atoms with Crippen molar-refractivity contribution in [1.82, 2.24) is 10.6 Å². The minimum absolute atomic E-state index is 0.0297. The zero-order valence-electron chi connectivity index (χ0n) is 11.1. The largest absolute Gasteiger partial charge is 0.392 e. The molecular formula is C12H26N2O2. The highest BCUT2D eigenvalue weighted by molar-refractivity contribution is 5.78. The van der Waals surface area contributed by atoms with Crippen LogP contribution in [0.15, 0.2) is 0 Å². The van der Waals surface area contributed by atoms with E-state index in [1.165, 1.54) is 0 Å². The molecule has 0 saturated carbocycles. The second kappa shape index (κ2) is 6.86. The van der Waals surface area contributed by atoms with Gasteiger partial charge in [0.15, 0.2) is 0 Å². The van der Waals surface area contributed by atoms with Crippen molar-refractivity contribution in [3.8, 4) is 0 Å². The van der Waals surface area contributed by atoms with Crippen LogP contribution in [-0.4, -0.2) is 36.2 Å². The lowest BCUT2D eigenvalue weighted by Crippen LogP contribution is -2.40. The minimum atomic E-state index is -0.396. The number of carbonyl (C=O) groups excluding carboxylic acids is 1. The molecule has 0 fully saturated rings. The van der Waals surface area contributed by atoms with Gasteiger partial charge < -0.3 is 15.7 Å². The summed E-state index contributed by atoms with van der Waals surface area (Å²) in [4.78, 5) is 11.3. The maximum Gasteiger partial charge on any atom is 0.234 e. The molecule has 0 aliphatic rings. The summed E-state index contributed by atoms with van der Waals surface area (Å²) in [5, 5.41) is 15.4. The first-order valence-corrected chi connectivity index (χ1v) is 5.89. The fourth-order valence-corrected chi connectivity index (χ4v) is 1.50. The average Bonchev–Trinajstić information content (AvgIpc) is 1.98. The lowest BCUT2D eigenvalue weighted by molar-refractivity contribution is -0.120. The summed E-state index contributed by atoms with van der Waals surface area (Å²) >= 11 is 0. The van der Waals surface area contributed by atoms with E-state index in [0.29, 0.717) is 6.54 Å². The Balaban J connectivity index is 3.62. The quantitative estimate of drug-likeness (QED) is 0.635. The molecule has 1 unspecified atom stereocenters. The lowest BCUT2D eigenvalue weighted by atomic mass is 9.89. The maximum atomic E-state index is 11.3. The first kappa shape index (κ1) is 15.4. The van der Waals surface area contributed by atoms with Crippen molar-refractivity contribution < 1.29 is 9.90 Å². The molecule has 0 radical (unpaired) electrons. The van der Waals surface area contributed by atoms with Gasteiger partial charge in [0.2, 0.25) is 5.91 Å². The van der Waals surface area contributed by atoms with Crippen molar-refractivity contribution in [2.45, 2.75) is 53.2 Å². The maximum absolute atomic E-state index is 11.3. The van der Waals surface area contributed by atoms with Crippen molar-refractivity contribution in [3.63, 3.8) is 0 Å². The Kier molecular flexibility index (Phi) is 6.60. The molecule has 0 aromatic rings. The van der Waals surface area contributed by atoms with E-state index < -0.39 is 6.10 Å². The van der Waals surface area contributed by atoms with Crippen molar-refractivity contribution in [2.24, 2.45) is 5.41 Å². The summed E-state index contributed by atoms with van der Waals surface area (Å²) in [5.74, 6) is -0.0297. The Morgan fingerprint density at radius 2 is 1.88 bits per heavy atom. The predicted molar refractivity (Wildman–Crippen MR) is 66.2 cm³/mol. The van der Waals surface area contributed by atoms with Crippen LogP contribution in [0.3, 0.4) is 0 Å². The molecule has 4 heteroatoms. The lowest BCUT2D eigenvalue weighted by Gasteiger charge is -2.22. The van der Waals surface area contributed by atoms with E-state index in [2.05, 4.69) is 31.4 Å². The van der Waals surface area contributed by atoms with Gasteiger partial charge >= 0.3 is 0 Å². The van der Waals surface area contributed by atoms with Gasteiger partial charge in [-0.1, -0.05) is 20.8 Å². The van der Waals surface area contributed by atoms with Gasteiger partial charge in [-0.15, -0.1) is 0 Å². The highest BCUT2D eigenvalue weighted by Crippen LogP contribution is 2.20. The molecule has 1 atom stereocenters. The molecule has 4 nitrogen and oxygen atoms in total. The van der Waals surface area contributed by atoms with E-state index in [9.17, 15) is 9.90 Å². The molecule has 1 amide bonds. The standard InChI is InChI=1S/C12H26N2O2/c1-9(2)14-11(16)8-13-7-10(15)6-12(3,4)5/h9-10,13,15H,6-8H2,1-5H3,(H,14,16). The number of aliphatic hydroxyl groups excluding tert-OH is 1. The molecule has 0 aliphatic heterocycles. The van der Waals surface area contributed by atoms with Gasteiger partial charge in [-0.3, -0.25) is 4.79 Å². The van der Waals surface area contributed by atoms with Crippen molar-refractivity contribution in [2.75, 3.05) is 13.1 Å². The monoisotopic (exact) mass is 230 g/mol. The smallest absolute Gasteiger partial charge is 0.234 e. The third-order valence-electron chi connectivity index (χ3n) is 1.96. The summed E-state index contributed by atoms with van der Waals surface area (Å²) in [7, 11) is 0. The molecule has 0 rings (SSSR count). The summed E-state index contributed by atoms with van der Waals surface area (Å²) in [6.07, 6.45) is 0.332. The third-order valence-corrected chi connectivity index (χ3v) is 1.96. The number of hydrogen-bond donors (Lipinski definition) is 3. The van der Waals surface area contributed by atoms with Crippen LogP contribution in [0.2, 0.25) is 0 Å². The number of carbonyl (C=O) groups is 1. The van der Waals surface area contributed by atoms with E-state index in [1.807, 2.05) is 13.8 Å². The molecule has 0 bridgehead atoms. The van der Waals surface area contributed by atoms with E-state index in [-0.39, 0.29) is 23.9 Å². The van der Waals surface area contributed by atoms with E-state index in [4.69, 9.17) is 0 Å². The van der Waals surface area contributed by atoms with Crippen LogP contribution in [0.25, 0.3) is 0 Å². The molecule has 0 spiro atoms. The van der Waals surface area contributed by atoms with Gasteiger partial charge in [-0.25, -0.2) is 0 Å². The Labute approximate surface area is 98.8 Å². The van der Waals surface area contributed by atoms with Crippen molar-refractivity contribution in [1.29, 1.82) is 0 Å². The molecule has 16 heavy (non-hydrogen) atoms. The molecule has 3 N–H and O–H groups in total. The van der Waals surface area contributed by atoms with Crippen LogP contribution in [0, 0.1) is 5.41 Å². The highest BCUT2D eigenvalue weighted by atomic mass is 16.3. The van der Waals surface area contributed by atoms with Crippen molar-refractivity contribution >= 4 is 5.91 Å². The van der Waals surface area contributed by atoms with Gasteiger partial charge in [0.25, 0.3) is 0 Å². The Morgan fingerprint density at radius 1 is 1.31 bits per heavy atom. The van der Waals surface area contributed by atoms with Crippen LogP contribution >= 0.6 is 0 Å². The second-order valence-electron chi connectivity index (χ2n) is 5.77. The number of aliphatic hydroxyl groups is 1. The first-order valence-electron chi connectivity index (χ1n) is 5.89. The van der Waals surface area contributed by atoms with Crippen LogP contribution in [-0.2, 0) is 4.79 Å². The van der Waals surface area contributed by atoms with Gasteiger partial charge in [-0.05, 0) is 25.7 Å². The Bertz CT molecular complexity index is 210. The third kappa shape index (κ3) is 9.93.